The van der Waals surface area contributed by atoms with Crippen molar-refractivity contribution in [2.75, 3.05) is 5.75 Å². The van der Waals surface area contributed by atoms with Crippen LogP contribution in [0.5, 0.6) is 0 Å². The third-order valence-corrected chi connectivity index (χ3v) is 2.69. The Morgan fingerprint density at radius 3 is 2.33 bits per heavy atom. The van der Waals surface area contributed by atoms with Crippen LogP contribution in [-0.2, 0) is 16.6 Å². The molecule has 0 amide bonds. The second kappa shape index (κ2) is 4.40. The van der Waals surface area contributed by atoms with Crippen molar-refractivity contribution >= 4 is 21.8 Å². The lowest BCUT2D eigenvalue weighted by Crippen LogP contribution is -2.04. The minimum absolute atomic E-state index is 0.224. The van der Waals surface area contributed by atoms with Crippen LogP contribution < -0.4 is 0 Å². The lowest BCUT2D eigenvalue weighted by Gasteiger charge is -2.02. The standard InChI is InChI=1S/C8H6ClF3O2S/c9-6-4-7(10)5(3-8(6)11)1-2-15(12,13)14/h3-4H,1-2H2. The molecule has 0 saturated heterocycles. The average molecular weight is 259 g/mol. The molecule has 0 aliphatic carbocycles. The molecule has 0 saturated carbocycles. The van der Waals surface area contributed by atoms with Crippen LogP contribution in [0.4, 0.5) is 12.7 Å². The predicted molar refractivity (Wildman–Crippen MR) is 50.0 cm³/mol. The van der Waals surface area contributed by atoms with E-state index in [0.29, 0.717) is 0 Å². The molecule has 0 N–H and O–H groups in total. The van der Waals surface area contributed by atoms with Gasteiger partial charge in [0.15, 0.2) is 0 Å². The summed E-state index contributed by atoms with van der Waals surface area (Å²) in [4.78, 5) is 0. The van der Waals surface area contributed by atoms with E-state index in [-0.39, 0.29) is 5.56 Å². The van der Waals surface area contributed by atoms with Gasteiger partial charge in [0, 0.05) is 0 Å². The Balaban J connectivity index is 2.91. The maximum absolute atomic E-state index is 13.0. The molecule has 0 bridgehead atoms. The molecule has 84 valence electrons. The topological polar surface area (TPSA) is 34.1 Å². The van der Waals surface area contributed by atoms with E-state index < -0.39 is 39.1 Å². The van der Waals surface area contributed by atoms with E-state index >= 15 is 0 Å². The van der Waals surface area contributed by atoms with Crippen molar-refractivity contribution in [2.24, 2.45) is 0 Å². The average Bonchev–Trinajstić information content (AvgIpc) is 2.07. The molecular weight excluding hydrogens is 253 g/mol. The van der Waals surface area contributed by atoms with Gasteiger partial charge in [0.05, 0.1) is 10.8 Å². The molecule has 1 aromatic carbocycles. The Morgan fingerprint density at radius 2 is 1.80 bits per heavy atom. The molecule has 0 atom stereocenters. The number of hydrogen-bond donors (Lipinski definition) is 0. The van der Waals surface area contributed by atoms with Gasteiger partial charge in [0.25, 0.3) is 0 Å². The highest BCUT2D eigenvalue weighted by Crippen LogP contribution is 2.20. The maximum Gasteiger partial charge on any atom is 0.302 e. The summed E-state index contributed by atoms with van der Waals surface area (Å²) in [7, 11) is -4.68. The van der Waals surface area contributed by atoms with Crippen molar-refractivity contribution in [2.45, 2.75) is 6.42 Å². The maximum atomic E-state index is 13.0. The number of aryl methyl sites for hydroxylation is 1. The van der Waals surface area contributed by atoms with Crippen molar-refractivity contribution in [1.29, 1.82) is 0 Å². The lowest BCUT2D eigenvalue weighted by molar-refractivity contribution is 0.548. The zero-order valence-corrected chi connectivity index (χ0v) is 8.88. The van der Waals surface area contributed by atoms with Crippen LogP contribution in [0.15, 0.2) is 12.1 Å². The van der Waals surface area contributed by atoms with Gasteiger partial charge in [-0.15, -0.1) is 3.89 Å². The third-order valence-electron chi connectivity index (χ3n) is 1.70. The molecule has 0 unspecified atom stereocenters. The van der Waals surface area contributed by atoms with Gasteiger partial charge in [-0.05, 0) is 24.1 Å². The fourth-order valence-electron chi connectivity index (χ4n) is 0.987. The van der Waals surface area contributed by atoms with E-state index in [2.05, 4.69) is 0 Å². The molecule has 0 aliphatic rings. The minimum atomic E-state index is -4.68. The normalized spacial score (nSPS) is 11.7. The van der Waals surface area contributed by atoms with Crippen LogP contribution in [0, 0.1) is 11.6 Å². The van der Waals surface area contributed by atoms with Gasteiger partial charge < -0.3 is 0 Å². The molecule has 0 fully saturated rings. The smallest absolute Gasteiger partial charge is 0.207 e. The SMILES string of the molecule is O=S(=O)(F)CCc1cc(F)c(Cl)cc1F. The zero-order chi connectivity index (χ0) is 11.6. The van der Waals surface area contributed by atoms with Gasteiger partial charge in [0.2, 0.25) is 0 Å². The van der Waals surface area contributed by atoms with E-state index in [0.717, 1.165) is 12.1 Å². The van der Waals surface area contributed by atoms with E-state index in [1.54, 1.807) is 0 Å². The van der Waals surface area contributed by atoms with Gasteiger partial charge in [-0.2, -0.15) is 8.42 Å². The van der Waals surface area contributed by atoms with Crippen molar-refractivity contribution in [3.8, 4) is 0 Å². The van der Waals surface area contributed by atoms with Crippen LogP contribution >= 0.6 is 11.6 Å². The Bertz CT molecular complexity index is 473. The molecular formula is C8H6ClF3O2S. The summed E-state index contributed by atoms with van der Waals surface area (Å²) in [6.45, 7) is 0. The summed E-state index contributed by atoms with van der Waals surface area (Å²) in [5.74, 6) is -2.61. The molecule has 15 heavy (non-hydrogen) atoms. The molecule has 0 aromatic heterocycles. The van der Waals surface area contributed by atoms with Crippen molar-refractivity contribution < 1.29 is 21.1 Å². The highest BCUT2D eigenvalue weighted by molar-refractivity contribution is 7.86. The first-order chi connectivity index (χ1) is 6.79. The number of rotatable bonds is 3. The second-order valence-corrected chi connectivity index (χ2v) is 4.74. The number of hydrogen-bond acceptors (Lipinski definition) is 2. The summed E-state index contributed by atoms with van der Waals surface area (Å²) >= 11 is 5.27. The molecule has 7 heteroatoms. The summed E-state index contributed by atoms with van der Waals surface area (Å²) in [6.07, 6.45) is -0.432. The van der Waals surface area contributed by atoms with Crippen LogP contribution in [0.2, 0.25) is 5.02 Å². The second-order valence-electron chi connectivity index (χ2n) is 2.85. The first kappa shape index (κ1) is 12.3. The first-order valence-electron chi connectivity index (χ1n) is 3.85. The van der Waals surface area contributed by atoms with Crippen LogP contribution in [0.3, 0.4) is 0 Å². The van der Waals surface area contributed by atoms with Gasteiger partial charge in [-0.1, -0.05) is 11.6 Å². The summed E-state index contributed by atoms with van der Waals surface area (Å²) in [5, 5.41) is -0.403. The van der Waals surface area contributed by atoms with E-state index in [4.69, 9.17) is 11.6 Å². The predicted octanol–water partition coefficient (Wildman–Crippen LogP) is 2.46. The van der Waals surface area contributed by atoms with Gasteiger partial charge in [0.1, 0.15) is 11.6 Å². The van der Waals surface area contributed by atoms with E-state index in [9.17, 15) is 21.1 Å². The van der Waals surface area contributed by atoms with Crippen LogP contribution in [0.25, 0.3) is 0 Å². The Morgan fingerprint density at radius 1 is 1.20 bits per heavy atom. The summed E-state index contributed by atoms with van der Waals surface area (Å²) in [6, 6.07) is 1.47. The number of benzene rings is 1. The Kier molecular flexibility index (Phi) is 3.62. The molecule has 0 heterocycles. The first-order valence-corrected chi connectivity index (χ1v) is 5.78. The minimum Gasteiger partial charge on any atom is -0.207 e. The molecule has 0 aliphatic heterocycles. The molecule has 0 radical (unpaired) electrons. The van der Waals surface area contributed by atoms with Crippen LogP contribution in [-0.4, -0.2) is 14.2 Å². The molecule has 2 nitrogen and oxygen atoms in total. The number of halogens is 4. The highest BCUT2D eigenvalue weighted by atomic mass is 35.5. The zero-order valence-electron chi connectivity index (χ0n) is 7.31. The molecule has 1 aromatic rings. The van der Waals surface area contributed by atoms with Crippen molar-refractivity contribution in [3.63, 3.8) is 0 Å². The van der Waals surface area contributed by atoms with Crippen LogP contribution in [0.1, 0.15) is 5.56 Å². The fourth-order valence-corrected chi connectivity index (χ4v) is 1.60. The highest BCUT2D eigenvalue weighted by Gasteiger charge is 2.12. The van der Waals surface area contributed by atoms with Gasteiger partial charge >= 0.3 is 10.2 Å². The van der Waals surface area contributed by atoms with E-state index in [1.165, 1.54) is 0 Å². The fraction of sp³-hybridized carbons (Fsp3) is 0.250. The van der Waals surface area contributed by atoms with Crippen molar-refractivity contribution in [3.05, 3.63) is 34.4 Å². The summed E-state index contributed by atoms with van der Waals surface area (Å²) in [5.41, 5.74) is -0.224. The largest absolute Gasteiger partial charge is 0.302 e. The molecule has 1 rings (SSSR count). The lowest BCUT2D eigenvalue weighted by atomic mass is 10.1. The monoisotopic (exact) mass is 258 g/mol. The van der Waals surface area contributed by atoms with Crippen molar-refractivity contribution in [1.82, 2.24) is 0 Å². The Labute approximate surface area is 89.9 Å². The quantitative estimate of drug-likeness (QED) is 0.616. The van der Waals surface area contributed by atoms with E-state index in [1.807, 2.05) is 0 Å². The molecule has 0 spiro atoms. The van der Waals surface area contributed by atoms with Gasteiger partial charge in [-0.3, -0.25) is 0 Å². The Hall–Kier alpha value is -0.750. The van der Waals surface area contributed by atoms with Gasteiger partial charge in [-0.25, -0.2) is 8.78 Å². The summed E-state index contributed by atoms with van der Waals surface area (Å²) < 4.78 is 58.3. The third kappa shape index (κ3) is 3.71.